The molecule has 92 valence electrons. The number of hydrogen-bond donors (Lipinski definition) is 1. The Morgan fingerprint density at radius 2 is 2.24 bits per heavy atom. The van der Waals surface area contributed by atoms with Crippen LogP contribution in [-0.2, 0) is 4.79 Å². The number of nitrogens with one attached hydrogen (secondary N) is 1. The SMILES string of the molecule is CC(NC(=O)COc1ccccc1F)C1CC1. The first-order valence-corrected chi connectivity index (χ1v) is 5.83. The van der Waals surface area contributed by atoms with Gasteiger partial charge in [-0.3, -0.25) is 4.79 Å². The standard InChI is InChI=1S/C13H16FNO2/c1-9(10-6-7-10)15-13(16)8-17-12-5-3-2-4-11(12)14/h2-5,9-10H,6-8H2,1H3,(H,15,16). The molecule has 17 heavy (non-hydrogen) atoms. The first-order chi connectivity index (χ1) is 8.16. The summed E-state index contributed by atoms with van der Waals surface area (Å²) in [5.74, 6) is 0.0670. The van der Waals surface area contributed by atoms with E-state index in [2.05, 4.69) is 5.32 Å². The van der Waals surface area contributed by atoms with Crippen LogP contribution in [0.4, 0.5) is 4.39 Å². The van der Waals surface area contributed by atoms with Gasteiger partial charge in [0.25, 0.3) is 5.91 Å². The third kappa shape index (κ3) is 3.44. The van der Waals surface area contributed by atoms with Gasteiger partial charge in [0, 0.05) is 6.04 Å². The highest BCUT2D eigenvalue weighted by Crippen LogP contribution is 2.32. The Morgan fingerprint density at radius 3 is 2.88 bits per heavy atom. The minimum atomic E-state index is -0.449. The molecule has 1 N–H and O–H groups in total. The summed E-state index contributed by atoms with van der Waals surface area (Å²) in [5.41, 5.74) is 0. The third-order valence-electron chi connectivity index (χ3n) is 2.91. The van der Waals surface area contributed by atoms with Gasteiger partial charge in [-0.15, -0.1) is 0 Å². The van der Waals surface area contributed by atoms with Gasteiger partial charge in [-0.25, -0.2) is 4.39 Å². The molecule has 0 saturated heterocycles. The van der Waals surface area contributed by atoms with E-state index >= 15 is 0 Å². The number of carbonyl (C=O) groups is 1. The molecule has 0 heterocycles. The van der Waals surface area contributed by atoms with Gasteiger partial charge in [-0.1, -0.05) is 12.1 Å². The number of rotatable bonds is 5. The summed E-state index contributed by atoms with van der Waals surface area (Å²) in [6.45, 7) is 1.84. The Bertz CT molecular complexity index is 404. The molecule has 1 unspecified atom stereocenters. The third-order valence-corrected chi connectivity index (χ3v) is 2.91. The van der Waals surface area contributed by atoms with Crippen molar-refractivity contribution in [1.29, 1.82) is 0 Å². The fraction of sp³-hybridized carbons (Fsp3) is 0.462. The highest BCUT2D eigenvalue weighted by molar-refractivity contribution is 5.77. The summed E-state index contributed by atoms with van der Waals surface area (Å²) >= 11 is 0. The fourth-order valence-corrected chi connectivity index (χ4v) is 1.71. The van der Waals surface area contributed by atoms with Gasteiger partial charge in [0.1, 0.15) is 0 Å². The van der Waals surface area contributed by atoms with Crippen molar-refractivity contribution < 1.29 is 13.9 Å². The van der Waals surface area contributed by atoms with Crippen LogP contribution in [0.5, 0.6) is 5.75 Å². The normalized spacial score (nSPS) is 16.4. The van der Waals surface area contributed by atoms with E-state index in [1.807, 2.05) is 6.92 Å². The molecule has 1 aliphatic rings. The van der Waals surface area contributed by atoms with Crippen molar-refractivity contribution in [2.24, 2.45) is 5.92 Å². The molecule has 1 amide bonds. The molecule has 1 saturated carbocycles. The Kier molecular flexibility index (Phi) is 3.61. The van der Waals surface area contributed by atoms with Crippen molar-refractivity contribution in [3.05, 3.63) is 30.1 Å². The second kappa shape index (κ2) is 5.17. The molecule has 3 nitrogen and oxygen atoms in total. The van der Waals surface area contributed by atoms with Gasteiger partial charge in [0.15, 0.2) is 18.2 Å². The minimum Gasteiger partial charge on any atom is -0.481 e. The number of amides is 1. The maximum atomic E-state index is 13.2. The zero-order chi connectivity index (χ0) is 12.3. The largest absolute Gasteiger partial charge is 0.481 e. The molecule has 0 bridgehead atoms. The van der Waals surface area contributed by atoms with E-state index in [1.165, 1.54) is 25.0 Å². The van der Waals surface area contributed by atoms with E-state index < -0.39 is 5.82 Å². The number of para-hydroxylation sites is 1. The van der Waals surface area contributed by atoms with E-state index in [1.54, 1.807) is 12.1 Å². The van der Waals surface area contributed by atoms with Crippen LogP contribution in [0.3, 0.4) is 0 Å². The summed E-state index contributed by atoms with van der Waals surface area (Å²) in [6, 6.07) is 6.25. The first-order valence-electron chi connectivity index (χ1n) is 5.83. The number of halogens is 1. The van der Waals surface area contributed by atoms with Gasteiger partial charge < -0.3 is 10.1 Å². The highest BCUT2D eigenvalue weighted by atomic mass is 19.1. The average Bonchev–Trinajstić information content (AvgIpc) is 3.11. The van der Waals surface area contributed by atoms with Crippen LogP contribution in [0.1, 0.15) is 19.8 Å². The number of ether oxygens (including phenoxy) is 1. The Hall–Kier alpha value is -1.58. The summed E-state index contributed by atoms with van der Waals surface area (Å²) < 4.78 is 18.3. The molecule has 1 fully saturated rings. The van der Waals surface area contributed by atoms with Crippen LogP contribution in [0.15, 0.2) is 24.3 Å². The first kappa shape index (κ1) is 11.9. The molecular formula is C13H16FNO2. The number of hydrogen-bond acceptors (Lipinski definition) is 2. The molecule has 0 radical (unpaired) electrons. The van der Waals surface area contributed by atoms with Crippen molar-refractivity contribution in [1.82, 2.24) is 5.32 Å². The summed E-state index contributed by atoms with van der Waals surface area (Å²) in [5, 5.41) is 2.85. The topological polar surface area (TPSA) is 38.3 Å². The predicted octanol–water partition coefficient (Wildman–Crippen LogP) is 2.12. The summed E-state index contributed by atoms with van der Waals surface area (Å²) in [6.07, 6.45) is 2.35. The Labute approximate surface area is 100.0 Å². The number of carbonyl (C=O) groups excluding carboxylic acids is 1. The Morgan fingerprint density at radius 1 is 1.53 bits per heavy atom. The van der Waals surface area contributed by atoms with Gasteiger partial charge in [0.05, 0.1) is 0 Å². The molecule has 0 spiro atoms. The van der Waals surface area contributed by atoms with Crippen molar-refractivity contribution in [3.8, 4) is 5.75 Å². The summed E-state index contributed by atoms with van der Waals surface area (Å²) in [4.78, 5) is 11.5. The maximum Gasteiger partial charge on any atom is 0.258 e. The lowest BCUT2D eigenvalue weighted by atomic mass is 10.2. The van der Waals surface area contributed by atoms with Crippen LogP contribution in [0.2, 0.25) is 0 Å². The lowest BCUT2D eigenvalue weighted by Gasteiger charge is -2.13. The summed E-state index contributed by atoms with van der Waals surface area (Å²) in [7, 11) is 0. The molecule has 1 aromatic rings. The van der Waals surface area contributed by atoms with Gasteiger partial charge in [-0.2, -0.15) is 0 Å². The molecule has 0 aliphatic heterocycles. The maximum absolute atomic E-state index is 13.2. The van der Waals surface area contributed by atoms with E-state index in [4.69, 9.17) is 4.74 Å². The van der Waals surface area contributed by atoms with Crippen molar-refractivity contribution >= 4 is 5.91 Å². The monoisotopic (exact) mass is 237 g/mol. The quantitative estimate of drug-likeness (QED) is 0.851. The fourth-order valence-electron chi connectivity index (χ4n) is 1.71. The van der Waals surface area contributed by atoms with Crippen LogP contribution in [0.25, 0.3) is 0 Å². The lowest BCUT2D eigenvalue weighted by Crippen LogP contribution is -2.37. The van der Waals surface area contributed by atoms with E-state index in [-0.39, 0.29) is 24.3 Å². The van der Waals surface area contributed by atoms with Crippen LogP contribution < -0.4 is 10.1 Å². The van der Waals surface area contributed by atoms with Gasteiger partial charge >= 0.3 is 0 Å². The van der Waals surface area contributed by atoms with E-state index in [9.17, 15) is 9.18 Å². The van der Waals surface area contributed by atoms with Crippen LogP contribution in [-0.4, -0.2) is 18.6 Å². The molecular weight excluding hydrogens is 221 g/mol. The smallest absolute Gasteiger partial charge is 0.258 e. The highest BCUT2D eigenvalue weighted by Gasteiger charge is 2.28. The molecule has 1 atom stereocenters. The van der Waals surface area contributed by atoms with E-state index in [0.29, 0.717) is 5.92 Å². The molecule has 4 heteroatoms. The minimum absolute atomic E-state index is 0.113. The van der Waals surface area contributed by atoms with Crippen molar-refractivity contribution in [2.75, 3.05) is 6.61 Å². The number of benzene rings is 1. The van der Waals surface area contributed by atoms with Crippen LogP contribution in [0, 0.1) is 11.7 Å². The van der Waals surface area contributed by atoms with Gasteiger partial charge in [-0.05, 0) is 37.8 Å². The second-order valence-electron chi connectivity index (χ2n) is 4.41. The van der Waals surface area contributed by atoms with Crippen molar-refractivity contribution in [3.63, 3.8) is 0 Å². The predicted molar refractivity (Wildman–Crippen MR) is 62.2 cm³/mol. The average molecular weight is 237 g/mol. The molecule has 1 aliphatic carbocycles. The van der Waals surface area contributed by atoms with Crippen molar-refractivity contribution in [2.45, 2.75) is 25.8 Å². The molecule has 0 aromatic heterocycles. The Balaban J connectivity index is 1.77. The molecule has 1 aromatic carbocycles. The zero-order valence-electron chi connectivity index (χ0n) is 9.78. The lowest BCUT2D eigenvalue weighted by molar-refractivity contribution is -0.123. The van der Waals surface area contributed by atoms with Crippen LogP contribution >= 0.6 is 0 Å². The zero-order valence-corrected chi connectivity index (χ0v) is 9.78. The molecule has 2 rings (SSSR count). The van der Waals surface area contributed by atoms with Gasteiger partial charge in [0.2, 0.25) is 0 Å². The second-order valence-corrected chi connectivity index (χ2v) is 4.41. The van der Waals surface area contributed by atoms with E-state index in [0.717, 1.165) is 0 Å².